The van der Waals surface area contributed by atoms with Crippen LogP contribution in [-0.4, -0.2) is 29.1 Å². The molecule has 1 aromatic carbocycles. The number of aliphatic carboxylic acids is 1. The molecule has 0 aliphatic carbocycles. The largest absolute Gasteiger partial charge is 0.481 e. The van der Waals surface area contributed by atoms with Gasteiger partial charge in [-0.05, 0) is 37.2 Å². The summed E-state index contributed by atoms with van der Waals surface area (Å²) in [4.78, 5) is 12.9. The van der Waals surface area contributed by atoms with Crippen molar-refractivity contribution >= 4 is 5.97 Å². The number of furan rings is 1. The first-order valence-corrected chi connectivity index (χ1v) is 7.54. The molecular formula is C17H16F3NO3. The van der Waals surface area contributed by atoms with Gasteiger partial charge in [-0.1, -0.05) is 12.1 Å². The number of carboxylic acids is 1. The molecule has 1 atom stereocenters. The van der Waals surface area contributed by atoms with Crippen LogP contribution < -0.4 is 0 Å². The van der Waals surface area contributed by atoms with E-state index in [2.05, 4.69) is 0 Å². The van der Waals surface area contributed by atoms with Crippen LogP contribution in [0.3, 0.4) is 0 Å². The van der Waals surface area contributed by atoms with Gasteiger partial charge in [-0.25, -0.2) is 0 Å². The highest BCUT2D eigenvalue weighted by molar-refractivity contribution is 5.70. The van der Waals surface area contributed by atoms with E-state index < -0.39 is 17.7 Å². The highest BCUT2D eigenvalue weighted by Gasteiger charge is 2.31. The second-order valence-corrected chi connectivity index (χ2v) is 5.90. The van der Waals surface area contributed by atoms with Crippen LogP contribution in [0.5, 0.6) is 0 Å². The monoisotopic (exact) mass is 339 g/mol. The molecule has 1 saturated heterocycles. The lowest BCUT2D eigenvalue weighted by Gasteiger charge is -2.13. The highest BCUT2D eigenvalue weighted by atomic mass is 19.4. The molecule has 1 aromatic heterocycles. The zero-order valence-corrected chi connectivity index (χ0v) is 12.7. The minimum absolute atomic E-state index is 0.362. The van der Waals surface area contributed by atoms with E-state index in [4.69, 9.17) is 9.52 Å². The number of benzene rings is 1. The number of nitrogens with zero attached hydrogens (tertiary/aromatic N) is 1. The first-order chi connectivity index (χ1) is 11.3. The quantitative estimate of drug-likeness (QED) is 0.919. The van der Waals surface area contributed by atoms with Gasteiger partial charge in [-0.2, -0.15) is 13.2 Å². The van der Waals surface area contributed by atoms with E-state index in [0.717, 1.165) is 12.1 Å². The van der Waals surface area contributed by atoms with Crippen LogP contribution in [0, 0.1) is 5.92 Å². The molecule has 0 bridgehead atoms. The SMILES string of the molecule is O=C(O)C1CCN(Cc2ccc(-c3cccc(C(F)(F)F)c3)o2)C1. The predicted octanol–water partition coefficient (Wildman–Crippen LogP) is 3.87. The van der Waals surface area contributed by atoms with Gasteiger partial charge in [-0.3, -0.25) is 9.69 Å². The Morgan fingerprint density at radius 3 is 2.75 bits per heavy atom. The van der Waals surface area contributed by atoms with Gasteiger partial charge in [0.1, 0.15) is 11.5 Å². The number of hydrogen-bond acceptors (Lipinski definition) is 3. The second-order valence-electron chi connectivity index (χ2n) is 5.90. The summed E-state index contributed by atoms with van der Waals surface area (Å²) in [6, 6.07) is 8.33. The Morgan fingerprint density at radius 1 is 1.29 bits per heavy atom. The van der Waals surface area contributed by atoms with Crippen molar-refractivity contribution in [3.05, 3.63) is 47.7 Å². The molecule has 1 unspecified atom stereocenters. The molecule has 1 N–H and O–H groups in total. The number of carbonyl (C=O) groups is 1. The zero-order valence-electron chi connectivity index (χ0n) is 12.7. The van der Waals surface area contributed by atoms with Crippen molar-refractivity contribution in [2.45, 2.75) is 19.1 Å². The van der Waals surface area contributed by atoms with Crippen molar-refractivity contribution in [2.75, 3.05) is 13.1 Å². The average Bonchev–Trinajstić information content (AvgIpc) is 3.16. The molecule has 7 heteroatoms. The van der Waals surface area contributed by atoms with Gasteiger partial charge in [0, 0.05) is 12.1 Å². The normalized spacial score (nSPS) is 18.9. The maximum Gasteiger partial charge on any atom is 0.416 e. The third kappa shape index (κ3) is 3.62. The highest BCUT2D eigenvalue weighted by Crippen LogP contribution is 2.33. The Morgan fingerprint density at radius 2 is 2.08 bits per heavy atom. The summed E-state index contributed by atoms with van der Waals surface area (Å²) >= 11 is 0. The molecular weight excluding hydrogens is 323 g/mol. The van der Waals surface area contributed by atoms with E-state index in [1.54, 1.807) is 18.2 Å². The van der Waals surface area contributed by atoms with Crippen LogP contribution in [0.1, 0.15) is 17.7 Å². The molecule has 24 heavy (non-hydrogen) atoms. The van der Waals surface area contributed by atoms with Crippen molar-refractivity contribution in [1.82, 2.24) is 4.90 Å². The molecule has 128 valence electrons. The molecule has 0 spiro atoms. The Labute approximate surface area is 136 Å². The molecule has 1 fully saturated rings. The van der Waals surface area contributed by atoms with Gasteiger partial charge in [0.15, 0.2) is 0 Å². The average molecular weight is 339 g/mol. The lowest BCUT2D eigenvalue weighted by molar-refractivity contribution is -0.141. The van der Waals surface area contributed by atoms with E-state index in [9.17, 15) is 18.0 Å². The minimum Gasteiger partial charge on any atom is -0.481 e. The molecule has 2 heterocycles. The lowest BCUT2D eigenvalue weighted by atomic mass is 10.1. The summed E-state index contributed by atoms with van der Waals surface area (Å²) in [5.41, 5.74) is -0.359. The van der Waals surface area contributed by atoms with Crippen LogP contribution in [0.4, 0.5) is 13.2 Å². The Balaban J connectivity index is 1.71. The van der Waals surface area contributed by atoms with Gasteiger partial charge in [0.25, 0.3) is 0 Å². The van der Waals surface area contributed by atoms with Gasteiger partial charge in [0.05, 0.1) is 18.0 Å². The van der Waals surface area contributed by atoms with Crippen molar-refractivity contribution < 1.29 is 27.5 Å². The molecule has 4 nitrogen and oxygen atoms in total. The van der Waals surface area contributed by atoms with Gasteiger partial charge >= 0.3 is 12.1 Å². The second kappa shape index (κ2) is 6.32. The number of carboxylic acid groups (broad SMARTS) is 1. The Kier molecular flexibility index (Phi) is 4.36. The Hall–Kier alpha value is -2.28. The maximum atomic E-state index is 12.8. The van der Waals surface area contributed by atoms with E-state index in [0.29, 0.717) is 43.1 Å². The summed E-state index contributed by atoms with van der Waals surface area (Å²) in [5, 5.41) is 9.00. The van der Waals surface area contributed by atoms with Crippen molar-refractivity contribution in [3.63, 3.8) is 0 Å². The van der Waals surface area contributed by atoms with Crippen molar-refractivity contribution in [3.8, 4) is 11.3 Å². The van der Waals surface area contributed by atoms with Crippen LogP contribution >= 0.6 is 0 Å². The third-order valence-corrected chi connectivity index (χ3v) is 4.14. The summed E-state index contributed by atoms with van der Waals surface area (Å²) in [7, 11) is 0. The first-order valence-electron chi connectivity index (χ1n) is 7.54. The summed E-state index contributed by atoms with van der Waals surface area (Å²) in [6.07, 6.45) is -3.80. The van der Waals surface area contributed by atoms with Crippen molar-refractivity contribution in [2.24, 2.45) is 5.92 Å². The van der Waals surface area contributed by atoms with Crippen molar-refractivity contribution in [1.29, 1.82) is 0 Å². The lowest BCUT2D eigenvalue weighted by Crippen LogP contribution is -2.22. The smallest absolute Gasteiger partial charge is 0.416 e. The molecule has 2 aromatic rings. The van der Waals surface area contributed by atoms with E-state index in [-0.39, 0.29) is 5.92 Å². The predicted molar refractivity (Wildman–Crippen MR) is 80.2 cm³/mol. The van der Waals surface area contributed by atoms with Crippen LogP contribution in [0.15, 0.2) is 40.8 Å². The van der Waals surface area contributed by atoms with Gasteiger partial charge in [0.2, 0.25) is 0 Å². The molecule has 0 radical (unpaired) electrons. The minimum atomic E-state index is -4.40. The van der Waals surface area contributed by atoms with Crippen LogP contribution in [-0.2, 0) is 17.5 Å². The summed E-state index contributed by atoms with van der Waals surface area (Å²) in [5.74, 6) is -0.206. The number of alkyl halides is 3. The fourth-order valence-electron chi connectivity index (χ4n) is 2.87. The molecule has 0 saturated carbocycles. The van der Waals surface area contributed by atoms with Gasteiger partial charge in [-0.15, -0.1) is 0 Å². The number of rotatable bonds is 4. The zero-order chi connectivity index (χ0) is 17.3. The number of halogens is 3. The fraction of sp³-hybridized carbons (Fsp3) is 0.353. The molecule has 3 rings (SSSR count). The Bertz CT molecular complexity index is 739. The maximum absolute atomic E-state index is 12.8. The van der Waals surface area contributed by atoms with E-state index >= 15 is 0 Å². The van der Waals surface area contributed by atoms with Crippen LogP contribution in [0.2, 0.25) is 0 Å². The third-order valence-electron chi connectivity index (χ3n) is 4.14. The first kappa shape index (κ1) is 16.6. The van der Waals surface area contributed by atoms with Gasteiger partial charge < -0.3 is 9.52 Å². The summed E-state index contributed by atoms with van der Waals surface area (Å²) in [6.45, 7) is 1.56. The topological polar surface area (TPSA) is 53.7 Å². The van der Waals surface area contributed by atoms with Crippen LogP contribution in [0.25, 0.3) is 11.3 Å². The van der Waals surface area contributed by atoms with E-state index in [1.165, 1.54) is 6.07 Å². The fourth-order valence-corrected chi connectivity index (χ4v) is 2.87. The number of likely N-dealkylation sites (tertiary alicyclic amines) is 1. The molecule has 0 amide bonds. The standard InChI is InChI=1S/C17H16F3NO3/c18-17(19,20)13-3-1-2-11(8-13)15-5-4-14(24-15)10-21-7-6-12(9-21)16(22)23/h1-5,8,12H,6-7,9-10H2,(H,22,23). The molecule has 1 aliphatic rings. The van der Waals surface area contributed by atoms with E-state index in [1.807, 2.05) is 4.90 Å². The number of hydrogen-bond donors (Lipinski definition) is 1. The summed E-state index contributed by atoms with van der Waals surface area (Å²) < 4.78 is 44.0. The molecule has 1 aliphatic heterocycles.